The Morgan fingerprint density at radius 1 is 1.35 bits per heavy atom. The third kappa shape index (κ3) is 3.80. The van der Waals surface area contributed by atoms with Gasteiger partial charge in [0, 0.05) is 22.6 Å². The van der Waals surface area contributed by atoms with E-state index in [4.69, 9.17) is 5.73 Å². The van der Waals surface area contributed by atoms with Crippen molar-refractivity contribution >= 4 is 15.9 Å². The summed E-state index contributed by atoms with van der Waals surface area (Å²) in [6.07, 6.45) is 4.94. The second kappa shape index (κ2) is 7.53. The van der Waals surface area contributed by atoms with Crippen molar-refractivity contribution < 1.29 is 4.39 Å². The first-order valence-corrected chi connectivity index (χ1v) is 8.33. The third-order valence-corrected chi connectivity index (χ3v) is 4.93. The molecule has 0 amide bonds. The van der Waals surface area contributed by atoms with Gasteiger partial charge in [-0.2, -0.15) is 0 Å². The molecule has 112 valence electrons. The lowest BCUT2D eigenvalue weighted by molar-refractivity contribution is 0.104. The minimum atomic E-state index is -0.127. The summed E-state index contributed by atoms with van der Waals surface area (Å²) in [7, 11) is 0. The highest BCUT2D eigenvalue weighted by Gasteiger charge is 2.28. The molecule has 2 rings (SSSR count). The van der Waals surface area contributed by atoms with E-state index in [0.29, 0.717) is 18.5 Å². The van der Waals surface area contributed by atoms with Gasteiger partial charge in [-0.15, -0.1) is 0 Å². The molecule has 2 atom stereocenters. The quantitative estimate of drug-likeness (QED) is 0.878. The van der Waals surface area contributed by atoms with Gasteiger partial charge in [-0.1, -0.05) is 41.8 Å². The van der Waals surface area contributed by atoms with Crippen molar-refractivity contribution in [1.82, 2.24) is 4.90 Å². The topological polar surface area (TPSA) is 29.3 Å². The number of hydrogen-bond acceptors (Lipinski definition) is 2. The molecule has 1 aromatic carbocycles. The Balaban J connectivity index is 2.11. The Kier molecular flexibility index (Phi) is 6.00. The molecule has 0 radical (unpaired) electrons. The number of halogens is 2. The van der Waals surface area contributed by atoms with Crippen LogP contribution in [0, 0.1) is 11.7 Å². The van der Waals surface area contributed by atoms with E-state index in [1.807, 2.05) is 12.1 Å². The van der Waals surface area contributed by atoms with Gasteiger partial charge >= 0.3 is 0 Å². The second-order valence-corrected chi connectivity index (χ2v) is 6.56. The molecule has 1 aliphatic carbocycles. The Labute approximate surface area is 129 Å². The molecule has 0 heterocycles. The van der Waals surface area contributed by atoms with E-state index < -0.39 is 0 Å². The van der Waals surface area contributed by atoms with Crippen LogP contribution in [-0.2, 0) is 6.54 Å². The largest absolute Gasteiger partial charge is 0.330 e. The SMILES string of the molecule is CCN(Cc1ccc(Br)cc1F)C1CCCCC1CN. The predicted octanol–water partition coefficient (Wildman–Crippen LogP) is 3.93. The van der Waals surface area contributed by atoms with Crippen LogP contribution in [0.25, 0.3) is 0 Å². The van der Waals surface area contributed by atoms with Crippen molar-refractivity contribution in [3.05, 3.63) is 34.1 Å². The van der Waals surface area contributed by atoms with Crippen molar-refractivity contribution in [2.24, 2.45) is 11.7 Å². The summed E-state index contributed by atoms with van der Waals surface area (Å²) in [5.74, 6) is 0.431. The van der Waals surface area contributed by atoms with Crippen molar-refractivity contribution in [2.75, 3.05) is 13.1 Å². The van der Waals surface area contributed by atoms with Crippen molar-refractivity contribution in [3.63, 3.8) is 0 Å². The third-order valence-electron chi connectivity index (χ3n) is 4.44. The number of nitrogens with two attached hydrogens (primary N) is 1. The number of nitrogens with zero attached hydrogens (tertiary/aromatic N) is 1. The fourth-order valence-corrected chi connectivity index (χ4v) is 3.61. The van der Waals surface area contributed by atoms with Crippen LogP contribution in [0.5, 0.6) is 0 Å². The monoisotopic (exact) mass is 342 g/mol. The van der Waals surface area contributed by atoms with E-state index in [-0.39, 0.29) is 5.82 Å². The Bertz CT molecular complexity index is 438. The van der Waals surface area contributed by atoms with Crippen molar-refractivity contribution in [2.45, 2.75) is 45.2 Å². The zero-order chi connectivity index (χ0) is 14.5. The molecule has 0 saturated heterocycles. The predicted molar refractivity (Wildman–Crippen MR) is 85.0 cm³/mol. The lowest BCUT2D eigenvalue weighted by Gasteiger charge is -2.39. The van der Waals surface area contributed by atoms with E-state index >= 15 is 0 Å². The lowest BCUT2D eigenvalue weighted by Crippen LogP contribution is -2.44. The van der Waals surface area contributed by atoms with Gasteiger partial charge in [0.2, 0.25) is 0 Å². The summed E-state index contributed by atoms with van der Waals surface area (Å²) < 4.78 is 14.8. The molecule has 2 unspecified atom stereocenters. The van der Waals surface area contributed by atoms with Gasteiger partial charge in [0.25, 0.3) is 0 Å². The van der Waals surface area contributed by atoms with E-state index in [1.165, 1.54) is 25.7 Å². The standard InChI is InChI=1S/C16H24BrFN2/c1-2-20(16-6-4-3-5-12(16)10-19)11-13-7-8-14(17)9-15(13)18/h7-9,12,16H,2-6,10-11,19H2,1H3. The van der Waals surface area contributed by atoms with E-state index in [2.05, 4.69) is 27.8 Å². The van der Waals surface area contributed by atoms with Gasteiger partial charge in [0.05, 0.1) is 0 Å². The zero-order valence-electron chi connectivity index (χ0n) is 12.1. The van der Waals surface area contributed by atoms with Crippen LogP contribution in [0.1, 0.15) is 38.2 Å². The highest BCUT2D eigenvalue weighted by Crippen LogP contribution is 2.29. The first-order chi connectivity index (χ1) is 9.65. The van der Waals surface area contributed by atoms with Crippen molar-refractivity contribution in [3.8, 4) is 0 Å². The molecule has 2 N–H and O–H groups in total. The number of benzene rings is 1. The molecular formula is C16H24BrFN2. The average Bonchev–Trinajstić information content (AvgIpc) is 2.46. The van der Waals surface area contributed by atoms with Crippen LogP contribution in [-0.4, -0.2) is 24.0 Å². The first-order valence-electron chi connectivity index (χ1n) is 7.53. The number of rotatable bonds is 5. The minimum absolute atomic E-state index is 0.127. The zero-order valence-corrected chi connectivity index (χ0v) is 13.7. The summed E-state index contributed by atoms with van der Waals surface area (Å²) in [4.78, 5) is 2.39. The van der Waals surface area contributed by atoms with Crippen LogP contribution in [0.2, 0.25) is 0 Å². The molecule has 1 saturated carbocycles. The second-order valence-electron chi connectivity index (χ2n) is 5.65. The van der Waals surface area contributed by atoms with Gasteiger partial charge in [0.15, 0.2) is 0 Å². The molecule has 1 aliphatic rings. The molecular weight excluding hydrogens is 319 g/mol. The molecule has 0 aromatic heterocycles. The van der Waals surface area contributed by atoms with Gasteiger partial charge < -0.3 is 5.73 Å². The Hall–Kier alpha value is -0.450. The van der Waals surface area contributed by atoms with Gasteiger partial charge in [-0.05, 0) is 44.0 Å². The summed E-state index contributed by atoms with van der Waals surface area (Å²) >= 11 is 3.31. The summed E-state index contributed by atoms with van der Waals surface area (Å²) in [5, 5.41) is 0. The van der Waals surface area contributed by atoms with Crippen LogP contribution in [0.3, 0.4) is 0 Å². The Morgan fingerprint density at radius 3 is 2.75 bits per heavy atom. The molecule has 2 nitrogen and oxygen atoms in total. The van der Waals surface area contributed by atoms with Gasteiger partial charge in [0.1, 0.15) is 5.82 Å². The van der Waals surface area contributed by atoms with Gasteiger partial charge in [-0.25, -0.2) is 4.39 Å². The molecule has 4 heteroatoms. The average molecular weight is 343 g/mol. The molecule has 1 aromatic rings. The Morgan fingerprint density at radius 2 is 2.10 bits per heavy atom. The highest BCUT2D eigenvalue weighted by atomic mass is 79.9. The summed E-state index contributed by atoms with van der Waals surface area (Å²) in [6.45, 7) is 4.51. The maximum absolute atomic E-state index is 14.0. The lowest BCUT2D eigenvalue weighted by atomic mass is 9.83. The highest BCUT2D eigenvalue weighted by molar-refractivity contribution is 9.10. The first kappa shape index (κ1) is 15.9. The van der Waals surface area contributed by atoms with Crippen LogP contribution >= 0.6 is 15.9 Å². The smallest absolute Gasteiger partial charge is 0.128 e. The fourth-order valence-electron chi connectivity index (χ4n) is 3.28. The normalized spacial score (nSPS) is 23.2. The molecule has 20 heavy (non-hydrogen) atoms. The van der Waals surface area contributed by atoms with Gasteiger partial charge in [-0.3, -0.25) is 4.90 Å². The minimum Gasteiger partial charge on any atom is -0.330 e. The summed E-state index contributed by atoms with van der Waals surface area (Å²) in [6, 6.07) is 5.84. The van der Waals surface area contributed by atoms with E-state index in [9.17, 15) is 4.39 Å². The van der Waals surface area contributed by atoms with Crippen LogP contribution < -0.4 is 5.73 Å². The van der Waals surface area contributed by atoms with Crippen LogP contribution in [0.15, 0.2) is 22.7 Å². The molecule has 0 aliphatic heterocycles. The molecule has 0 bridgehead atoms. The molecule has 0 spiro atoms. The van der Waals surface area contributed by atoms with Crippen molar-refractivity contribution in [1.29, 1.82) is 0 Å². The maximum Gasteiger partial charge on any atom is 0.128 e. The maximum atomic E-state index is 14.0. The summed E-state index contributed by atoms with van der Waals surface area (Å²) in [5.41, 5.74) is 6.70. The van der Waals surface area contributed by atoms with E-state index in [1.54, 1.807) is 6.07 Å². The fraction of sp³-hybridized carbons (Fsp3) is 0.625. The number of hydrogen-bond donors (Lipinski definition) is 1. The van der Waals surface area contributed by atoms with Crippen LogP contribution in [0.4, 0.5) is 4.39 Å². The van der Waals surface area contributed by atoms with E-state index in [0.717, 1.165) is 23.1 Å². The molecule has 1 fully saturated rings.